The van der Waals surface area contributed by atoms with Crippen LogP contribution in [0.3, 0.4) is 0 Å². The Morgan fingerprint density at radius 2 is 1.32 bits per heavy atom. The maximum Gasteiger partial charge on any atom is 0.328 e. The van der Waals surface area contributed by atoms with Gasteiger partial charge >= 0.3 is 11.9 Å². The number of hydrogen-bond donors (Lipinski definition) is 7. The smallest absolute Gasteiger partial charge is 0.328 e. The van der Waals surface area contributed by atoms with Crippen LogP contribution in [0.1, 0.15) is 132 Å². The molecule has 1 saturated heterocycles. The number of amides is 10. The molecule has 0 saturated carbocycles. The average molecular weight is 1340 g/mol. The molecule has 10 atom stereocenters. The molecule has 1 unspecified atom stereocenters. The molecular weight excluding hydrogens is 1230 g/mol. The lowest BCUT2D eigenvalue weighted by atomic mass is 9.89. The lowest BCUT2D eigenvalue weighted by Gasteiger charge is -2.41. The molecule has 536 valence electrons. The Morgan fingerprint density at radius 3 is 1.91 bits per heavy atom. The van der Waals surface area contributed by atoms with E-state index >= 15 is 0 Å². The Morgan fingerprint density at radius 1 is 0.684 bits per heavy atom. The highest BCUT2D eigenvalue weighted by atomic mass is 16.5. The first-order chi connectivity index (χ1) is 45.1. The molecule has 10 amide bonds. The molecule has 1 aromatic carbocycles. The van der Waals surface area contributed by atoms with Crippen molar-refractivity contribution in [1.82, 2.24) is 51.5 Å². The van der Waals surface area contributed by atoms with Crippen molar-refractivity contribution in [1.29, 1.82) is 0 Å². The number of carbonyl (C=O) groups excluding carboxylic acids is 11. The van der Waals surface area contributed by atoms with Gasteiger partial charge in [-0.25, -0.2) is 4.79 Å². The van der Waals surface area contributed by atoms with Gasteiger partial charge in [0.25, 0.3) is 0 Å². The number of likely N-dealkylation sites (tertiary alicyclic amines) is 1. The van der Waals surface area contributed by atoms with Crippen LogP contribution >= 0.6 is 0 Å². The van der Waals surface area contributed by atoms with Crippen LogP contribution in [0.15, 0.2) is 43.0 Å². The Labute approximate surface area is 561 Å². The minimum absolute atomic E-state index is 0.0161. The van der Waals surface area contributed by atoms with Gasteiger partial charge in [0.1, 0.15) is 24.2 Å². The van der Waals surface area contributed by atoms with Crippen molar-refractivity contribution in [2.24, 2.45) is 23.7 Å². The van der Waals surface area contributed by atoms with Crippen LogP contribution in [-0.4, -0.2) is 245 Å². The first-order valence-electron chi connectivity index (χ1n) is 33.1. The van der Waals surface area contributed by atoms with Crippen LogP contribution < -0.4 is 31.9 Å². The van der Waals surface area contributed by atoms with Crippen LogP contribution in [0.25, 0.3) is 0 Å². The zero-order valence-electron chi connectivity index (χ0n) is 58.3. The highest BCUT2D eigenvalue weighted by molar-refractivity contribution is 5.93. The molecule has 0 aromatic heterocycles. The normalized spacial score (nSPS) is 15.7. The van der Waals surface area contributed by atoms with Crippen molar-refractivity contribution in [3.8, 4) is 0 Å². The number of carbonyl (C=O) groups is 12. The van der Waals surface area contributed by atoms with Crippen LogP contribution in [0.4, 0.5) is 0 Å². The number of carboxylic acid groups (broad SMARTS) is 1. The minimum Gasteiger partial charge on any atom is -0.481 e. The van der Waals surface area contributed by atoms with E-state index in [2.05, 4.69) is 38.5 Å². The third kappa shape index (κ3) is 29.5. The molecule has 95 heavy (non-hydrogen) atoms. The van der Waals surface area contributed by atoms with E-state index in [1.54, 1.807) is 51.5 Å². The van der Waals surface area contributed by atoms with Crippen molar-refractivity contribution >= 4 is 71.0 Å². The van der Waals surface area contributed by atoms with Crippen molar-refractivity contribution in [2.45, 2.75) is 181 Å². The number of esters is 1. The van der Waals surface area contributed by atoms with Crippen molar-refractivity contribution in [2.75, 3.05) is 101 Å². The van der Waals surface area contributed by atoms with Gasteiger partial charge in [0.15, 0.2) is 0 Å². The van der Waals surface area contributed by atoms with Gasteiger partial charge in [-0.1, -0.05) is 91.8 Å². The number of rotatable bonds is 47. The summed E-state index contributed by atoms with van der Waals surface area (Å²) in [6.07, 6.45) is 1.75. The molecule has 2 rings (SSSR count). The summed E-state index contributed by atoms with van der Waals surface area (Å²) in [4.78, 5) is 163. The highest BCUT2D eigenvalue weighted by Crippen LogP contribution is 2.30. The van der Waals surface area contributed by atoms with E-state index in [-0.39, 0.29) is 152 Å². The molecule has 0 bridgehead atoms. The Bertz CT molecular complexity index is 2630. The van der Waals surface area contributed by atoms with E-state index < -0.39 is 102 Å². The number of likely N-dealkylation sites (N-methyl/N-ethyl adjacent to an activating group) is 2. The molecule has 0 spiro atoms. The molecule has 1 fully saturated rings. The molecule has 0 radical (unpaired) electrons. The molecular formula is C67H110N10O18. The summed E-state index contributed by atoms with van der Waals surface area (Å²) in [7, 11) is 7.39. The number of methoxy groups -OCH3 is 3. The number of nitrogens with zero attached hydrogens (tertiary/aromatic N) is 4. The first kappa shape index (κ1) is 83.5. The second-order valence-electron chi connectivity index (χ2n) is 24.7. The van der Waals surface area contributed by atoms with Crippen molar-refractivity contribution in [3.05, 3.63) is 48.6 Å². The minimum atomic E-state index is -1.08. The lowest BCUT2D eigenvalue weighted by molar-refractivity contribution is -0.149. The van der Waals surface area contributed by atoms with Gasteiger partial charge in [-0.3, -0.25) is 52.7 Å². The van der Waals surface area contributed by atoms with Crippen LogP contribution in [0.5, 0.6) is 0 Å². The monoisotopic (exact) mass is 1340 g/mol. The van der Waals surface area contributed by atoms with E-state index in [0.717, 1.165) is 11.6 Å². The summed E-state index contributed by atoms with van der Waals surface area (Å²) >= 11 is 0. The summed E-state index contributed by atoms with van der Waals surface area (Å²) in [6.45, 7) is 19.1. The molecule has 7 N–H and O–H groups in total. The molecule has 1 heterocycles. The fourth-order valence-electron chi connectivity index (χ4n) is 11.4. The van der Waals surface area contributed by atoms with Crippen molar-refractivity contribution < 1.29 is 86.3 Å². The maximum absolute atomic E-state index is 14.7. The third-order valence-electron chi connectivity index (χ3n) is 16.9. The van der Waals surface area contributed by atoms with Crippen molar-refractivity contribution in [3.63, 3.8) is 0 Å². The standard InChI is InChI=1S/C67H110N10O18/c1-15-45(7)61(51(91-12)42-57(83)77-34-22-25-50(77)62(92-13)46(8)63(86)72-49(67(90)93-14)41-48-23-18-17-19-24-48)75(11)66(89)59(43(3)4)73-65(88)60(44(5)6)74(10)55(81)26-20-32-70-64(87)47(9)71-54(80)30-37-94-39-40-95-38-33-69-53(79)28-35-76(36-29-58(84)85)56(82)27-21-31-68-52(78)16-2/h16-19,23-24,43-47,49-51,59-62H,2,15,20-22,25-42H2,1,3-14H3,(H,68,78)(H,69,79)(H,70,87)(H,71,80)(H,72,86)(H,73,88)(H,84,85)/t45-,46+,47?,49-,50-,51+,59-,60-,61-,62+/m0/s1. The van der Waals surface area contributed by atoms with Crippen LogP contribution in [0, 0.1) is 23.7 Å². The van der Waals surface area contributed by atoms with E-state index in [4.69, 9.17) is 28.8 Å². The predicted molar refractivity (Wildman–Crippen MR) is 353 cm³/mol. The first-order valence-corrected chi connectivity index (χ1v) is 33.1. The van der Waals surface area contributed by atoms with Crippen LogP contribution in [-0.2, 0) is 87.6 Å². The average Bonchev–Trinajstić information content (AvgIpc) is 1.81. The number of ether oxygens (including phenoxy) is 5. The topological polar surface area (TPSA) is 356 Å². The second-order valence-corrected chi connectivity index (χ2v) is 24.7. The van der Waals surface area contributed by atoms with Gasteiger partial charge in [0.2, 0.25) is 59.1 Å². The third-order valence-corrected chi connectivity index (χ3v) is 16.9. The fourth-order valence-corrected chi connectivity index (χ4v) is 11.4. The zero-order chi connectivity index (χ0) is 71.3. The zero-order valence-corrected chi connectivity index (χ0v) is 58.3. The van der Waals surface area contributed by atoms with Gasteiger partial charge in [-0.2, -0.15) is 0 Å². The number of benzene rings is 1. The molecule has 28 nitrogen and oxygen atoms in total. The molecule has 1 aliphatic heterocycles. The SMILES string of the molecule is C=CC(=O)NCCCC(=O)N(CCC(=O)O)CCC(=O)NCCOCCOCCC(=O)NC(C)C(=O)NCCCC(=O)N(C)[C@H](C(=O)N[C@H](C(=O)N(C)[C@@H]([C@@H](C)CC)[C@@H](CC(=O)N1CCC[C@H]1[C@H](OC)[C@@H](C)C(=O)N[C@@H](Cc1ccccc1)C(=O)OC)OC)C(C)C)C(C)C. The molecule has 1 aliphatic rings. The largest absolute Gasteiger partial charge is 0.481 e. The van der Waals surface area contributed by atoms with Gasteiger partial charge in [-0.15, -0.1) is 0 Å². The maximum atomic E-state index is 14.7. The Hall–Kier alpha value is -7.56. The van der Waals surface area contributed by atoms with Crippen LogP contribution in [0.2, 0.25) is 0 Å². The Kier molecular flexibility index (Phi) is 39.6. The summed E-state index contributed by atoms with van der Waals surface area (Å²) in [5, 5.41) is 25.5. The summed E-state index contributed by atoms with van der Waals surface area (Å²) in [5.74, 6) is -7.39. The van der Waals surface area contributed by atoms with E-state index in [1.165, 1.54) is 45.1 Å². The highest BCUT2D eigenvalue weighted by Gasteiger charge is 2.44. The molecule has 28 heteroatoms. The van der Waals surface area contributed by atoms with Gasteiger partial charge < -0.3 is 80.3 Å². The van der Waals surface area contributed by atoms with Gasteiger partial charge in [0.05, 0.1) is 76.6 Å². The van der Waals surface area contributed by atoms with E-state index in [0.29, 0.717) is 32.2 Å². The predicted octanol–water partition coefficient (Wildman–Crippen LogP) is 2.15. The van der Waals surface area contributed by atoms with Gasteiger partial charge in [-0.05, 0) is 62.0 Å². The number of hydrogen-bond acceptors (Lipinski definition) is 17. The second kappa shape index (κ2) is 45.0. The van der Waals surface area contributed by atoms with Gasteiger partial charge in [0, 0.05) is 99.7 Å². The number of nitrogens with one attached hydrogen (secondary N) is 6. The van der Waals surface area contributed by atoms with E-state index in [9.17, 15) is 57.5 Å². The molecule has 0 aliphatic carbocycles. The fraction of sp³-hybridized carbons (Fsp3) is 0.701. The summed E-state index contributed by atoms with van der Waals surface area (Å²) < 4.78 is 28.0. The lowest BCUT2D eigenvalue weighted by Crippen LogP contribution is -2.60. The quantitative estimate of drug-likeness (QED) is 0.0279. The number of aliphatic carboxylic acids is 1. The van der Waals surface area contributed by atoms with E-state index in [1.807, 2.05) is 44.2 Å². The summed E-state index contributed by atoms with van der Waals surface area (Å²) in [6, 6.07) is 4.28. The summed E-state index contributed by atoms with van der Waals surface area (Å²) in [5.41, 5.74) is 0.835. The number of carboxylic acids is 1. The Balaban J connectivity index is 1.90. The molecule has 1 aromatic rings.